The van der Waals surface area contributed by atoms with Crippen molar-refractivity contribution in [3.05, 3.63) is 23.8 Å². The Morgan fingerprint density at radius 2 is 1.95 bits per heavy atom. The molecule has 0 aliphatic carbocycles. The van der Waals surface area contributed by atoms with Gasteiger partial charge in [0.05, 0.1) is 24.9 Å². The Labute approximate surface area is 121 Å². The van der Waals surface area contributed by atoms with E-state index >= 15 is 0 Å². The minimum absolute atomic E-state index is 0.108. The summed E-state index contributed by atoms with van der Waals surface area (Å²) in [6.07, 6.45) is 0. The number of urea groups is 1. The van der Waals surface area contributed by atoms with Crippen LogP contribution in [0.15, 0.2) is 18.2 Å². The zero-order valence-electron chi connectivity index (χ0n) is 11.7. The Balaban J connectivity index is 2.71. The number of hydrogen-bond donors (Lipinski definition) is 4. The van der Waals surface area contributed by atoms with Crippen molar-refractivity contribution in [3.63, 3.8) is 0 Å². The third-order valence-electron chi connectivity index (χ3n) is 2.49. The lowest BCUT2D eigenvalue weighted by Crippen LogP contribution is -2.39. The molecule has 0 fully saturated rings. The minimum Gasteiger partial charge on any atom is -0.497 e. The zero-order valence-corrected chi connectivity index (χ0v) is 11.7. The standard InChI is InChI=1S/C13H17N3O5/c1-3-14-11(17)7-15-13(20)16-10-5-4-8(21-2)6-9(10)12(18)19/h4-6H,3,7H2,1-2H3,(H,14,17)(H,18,19)(H2,15,16,20). The number of carbonyl (C=O) groups is 3. The van der Waals surface area contributed by atoms with E-state index in [1.54, 1.807) is 6.92 Å². The fourth-order valence-electron chi connectivity index (χ4n) is 1.52. The highest BCUT2D eigenvalue weighted by Crippen LogP contribution is 2.21. The number of likely N-dealkylation sites (N-methyl/N-ethyl adjacent to an activating group) is 1. The molecule has 21 heavy (non-hydrogen) atoms. The maximum Gasteiger partial charge on any atom is 0.337 e. The molecule has 0 spiro atoms. The molecule has 0 saturated carbocycles. The van der Waals surface area contributed by atoms with Crippen LogP contribution in [-0.4, -0.2) is 43.2 Å². The lowest BCUT2D eigenvalue weighted by atomic mass is 10.1. The van der Waals surface area contributed by atoms with Crippen molar-refractivity contribution in [1.29, 1.82) is 0 Å². The predicted molar refractivity (Wildman–Crippen MR) is 75.7 cm³/mol. The summed E-state index contributed by atoms with van der Waals surface area (Å²) in [5.74, 6) is -1.17. The molecule has 0 heterocycles. The Kier molecular flexibility index (Phi) is 5.99. The molecule has 1 aromatic rings. The Bertz CT molecular complexity index is 545. The molecule has 8 heteroatoms. The molecule has 0 aromatic heterocycles. The van der Waals surface area contributed by atoms with Gasteiger partial charge in [0.15, 0.2) is 0 Å². The Hall–Kier alpha value is -2.77. The van der Waals surface area contributed by atoms with E-state index in [2.05, 4.69) is 16.0 Å². The van der Waals surface area contributed by atoms with Crippen molar-refractivity contribution in [2.45, 2.75) is 6.92 Å². The number of carbonyl (C=O) groups excluding carboxylic acids is 2. The number of amides is 3. The van der Waals surface area contributed by atoms with Crippen molar-refractivity contribution in [2.75, 3.05) is 25.5 Å². The number of carboxylic acid groups (broad SMARTS) is 1. The fourth-order valence-corrected chi connectivity index (χ4v) is 1.52. The lowest BCUT2D eigenvalue weighted by Gasteiger charge is -2.11. The van der Waals surface area contributed by atoms with E-state index in [9.17, 15) is 14.4 Å². The Morgan fingerprint density at radius 3 is 2.52 bits per heavy atom. The molecule has 0 saturated heterocycles. The van der Waals surface area contributed by atoms with E-state index in [1.807, 2.05) is 0 Å². The van der Waals surface area contributed by atoms with Gasteiger partial charge in [0.1, 0.15) is 5.75 Å². The first-order valence-electron chi connectivity index (χ1n) is 6.20. The fraction of sp³-hybridized carbons (Fsp3) is 0.308. The molecular weight excluding hydrogens is 278 g/mol. The van der Waals surface area contributed by atoms with E-state index in [1.165, 1.54) is 25.3 Å². The third kappa shape index (κ3) is 5.01. The van der Waals surface area contributed by atoms with Crippen LogP contribution in [0, 0.1) is 0 Å². The zero-order chi connectivity index (χ0) is 15.8. The summed E-state index contributed by atoms with van der Waals surface area (Å²) in [5.41, 5.74) is -0.000732. The smallest absolute Gasteiger partial charge is 0.337 e. The second kappa shape index (κ2) is 7.73. The largest absolute Gasteiger partial charge is 0.497 e. The monoisotopic (exact) mass is 295 g/mol. The minimum atomic E-state index is -1.20. The van der Waals surface area contributed by atoms with Crippen molar-refractivity contribution in [1.82, 2.24) is 10.6 Å². The van der Waals surface area contributed by atoms with E-state index in [0.717, 1.165) is 0 Å². The van der Waals surface area contributed by atoms with Crippen LogP contribution in [0.2, 0.25) is 0 Å². The van der Waals surface area contributed by atoms with E-state index in [4.69, 9.17) is 9.84 Å². The van der Waals surface area contributed by atoms with Crippen LogP contribution in [0.1, 0.15) is 17.3 Å². The molecule has 0 aliphatic rings. The summed E-state index contributed by atoms with van der Waals surface area (Å²) in [6, 6.07) is 3.55. The van der Waals surface area contributed by atoms with Gasteiger partial charge < -0.3 is 25.8 Å². The number of anilines is 1. The lowest BCUT2D eigenvalue weighted by molar-refractivity contribution is -0.119. The summed E-state index contributed by atoms with van der Waals surface area (Å²) < 4.78 is 4.93. The van der Waals surface area contributed by atoms with Gasteiger partial charge in [0.2, 0.25) is 5.91 Å². The maximum atomic E-state index is 11.6. The number of benzene rings is 1. The molecule has 8 nitrogen and oxygen atoms in total. The number of hydrogen-bond acceptors (Lipinski definition) is 4. The molecule has 1 rings (SSSR count). The maximum absolute atomic E-state index is 11.6. The van der Waals surface area contributed by atoms with Crippen LogP contribution >= 0.6 is 0 Å². The average molecular weight is 295 g/mol. The molecular formula is C13H17N3O5. The first-order valence-corrected chi connectivity index (χ1v) is 6.20. The first kappa shape index (κ1) is 16.3. The SMILES string of the molecule is CCNC(=O)CNC(=O)Nc1ccc(OC)cc1C(=O)O. The number of ether oxygens (including phenoxy) is 1. The molecule has 4 N–H and O–H groups in total. The van der Waals surface area contributed by atoms with E-state index in [-0.39, 0.29) is 23.7 Å². The van der Waals surface area contributed by atoms with Crippen molar-refractivity contribution >= 4 is 23.6 Å². The van der Waals surface area contributed by atoms with Crippen LogP contribution in [0.5, 0.6) is 5.75 Å². The quantitative estimate of drug-likeness (QED) is 0.615. The number of methoxy groups -OCH3 is 1. The van der Waals surface area contributed by atoms with Gasteiger partial charge in [-0.1, -0.05) is 0 Å². The Morgan fingerprint density at radius 1 is 1.24 bits per heavy atom. The van der Waals surface area contributed by atoms with E-state index in [0.29, 0.717) is 12.3 Å². The average Bonchev–Trinajstić information content (AvgIpc) is 2.45. The van der Waals surface area contributed by atoms with Gasteiger partial charge in [-0.25, -0.2) is 9.59 Å². The molecule has 1 aromatic carbocycles. The second-order valence-corrected chi connectivity index (χ2v) is 3.98. The van der Waals surface area contributed by atoms with Crippen LogP contribution in [0.4, 0.5) is 10.5 Å². The summed E-state index contributed by atoms with van der Waals surface area (Å²) in [6.45, 7) is 2.02. The van der Waals surface area contributed by atoms with Crippen LogP contribution in [0.25, 0.3) is 0 Å². The van der Waals surface area contributed by atoms with Crippen LogP contribution in [0.3, 0.4) is 0 Å². The number of carboxylic acids is 1. The second-order valence-electron chi connectivity index (χ2n) is 3.98. The van der Waals surface area contributed by atoms with Gasteiger partial charge in [0.25, 0.3) is 0 Å². The summed E-state index contributed by atoms with van der Waals surface area (Å²) in [5, 5.41) is 16.3. The summed E-state index contributed by atoms with van der Waals surface area (Å²) in [4.78, 5) is 33.9. The summed E-state index contributed by atoms with van der Waals surface area (Å²) >= 11 is 0. The predicted octanol–water partition coefficient (Wildman–Crippen LogP) is 0.651. The molecule has 114 valence electrons. The number of aromatic carboxylic acids is 1. The highest BCUT2D eigenvalue weighted by molar-refractivity contribution is 6.01. The molecule has 0 aliphatic heterocycles. The third-order valence-corrected chi connectivity index (χ3v) is 2.49. The molecule has 0 atom stereocenters. The highest BCUT2D eigenvalue weighted by atomic mass is 16.5. The van der Waals surface area contributed by atoms with Gasteiger partial charge in [0, 0.05) is 6.54 Å². The van der Waals surface area contributed by atoms with Gasteiger partial charge in [-0.2, -0.15) is 0 Å². The highest BCUT2D eigenvalue weighted by Gasteiger charge is 2.14. The summed E-state index contributed by atoms with van der Waals surface area (Å²) in [7, 11) is 1.41. The van der Waals surface area contributed by atoms with Crippen molar-refractivity contribution in [2.24, 2.45) is 0 Å². The topological polar surface area (TPSA) is 117 Å². The van der Waals surface area contributed by atoms with Gasteiger partial charge in [-0.05, 0) is 25.1 Å². The van der Waals surface area contributed by atoms with E-state index < -0.39 is 12.0 Å². The normalized spacial score (nSPS) is 9.62. The van der Waals surface area contributed by atoms with Crippen molar-refractivity contribution < 1.29 is 24.2 Å². The number of rotatable bonds is 6. The molecule has 3 amide bonds. The van der Waals surface area contributed by atoms with Crippen LogP contribution < -0.4 is 20.7 Å². The first-order chi connectivity index (χ1) is 9.97. The van der Waals surface area contributed by atoms with Crippen molar-refractivity contribution in [3.8, 4) is 5.75 Å². The van der Waals surface area contributed by atoms with Gasteiger partial charge in [-0.3, -0.25) is 4.79 Å². The molecule has 0 bridgehead atoms. The molecule has 0 radical (unpaired) electrons. The molecule has 0 unspecified atom stereocenters. The van der Waals surface area contributed by atoms with Gasteiger partial charge >= 0.3 is 12.0 Å². The van der Waals surface area contributed by atoms with Gasteiger partial charge in [-0.15, -0.1) is 0 Å². The van der Waals surface area contributed by atoms with Crippen LogP contribution in [-0.2, 0) is 4.79 Å². The number of nitrogens with one attached hydrogen (secondary N) is 3.